The molecule has 0 saturated carbocycles. The number of anilines is 1. The fraction of sp³-hybridized carbons (Fsp3) is 0.0714. The highest BCUT2D eigenvalue weighted by molar-refractivity contribution is 7.21. The largest absolute Gasteiger partial charge is 0.508 e. The number of amides is 1. The van der Waals surface area contributed by atoms with Crippen molar-refractivity contribution in [1.29, 1.82) is 0 Å². The second-order valence-electron chi connectivity index (χ2n) is 8.79. The Morgan fingerprint density at radius 1 is 0.850 bits per heavy atom. The third kappa shape index (κ3) is 4.88. The first-order valence-corrected chi connectivity index (χ1v) is 13.6. The first kappa shape index (κ1) is 25.9. The van der Waals surface area contributed by atoms with Gasteiger partial charge in [0.25, 0.3) is 0 Å². The number of phenols is 2. The second kappa shape index (κ2) is 10.6. The number of carbonyl (C=O) groups is 1. The predicted octanol–water partition coefficient (Wildman–Crippen LogP) is 8.89. The number of halogens is 2. The van der Waals surface area contributed by atoms with Gasteiger partial charge in [-0.1, -0.05) is 47.2 Å². The molecule has 2 N–H and O–H groups in total. The van der Waals surface area contributed by atoms with E-state index in [9.17, 15) is 15.0 Å². The summed E-state index contributed by atoms with van der Waals surface area (Å²) in [5.41, 5.74) is 2.63. The maximum Gasteiger partial charge on any atom is 0.248 e. The number of alkyl halides is 1. The smallest absolute Gasteiger partial charge is 0.248 e. The zero-order valence-electron chi connectivity index (χ0n) is 20.4. The molecule has 1 saturated heterocycles. The van der Waals surface area contributed by atoms with Gasteiger partial charge in [0.15, 0.2) is 0 Å². The highest BCUT2D eigenvalue weighted by Gasteiger charge is 2.50. The first-order valence-electron chi connectivity index (χ1n) is 12.0. The van der Waals surface area contributed by atoms with E-state index in [1.807, 2.05) is 24.3 Å². The van der Waals surface area contributed by atoms with Crippen molar-refractivity contribution in [2.45, 2.75) is 11.4 Å². The number of azo groups is 2. The Labute approximate surface area is 241 Å². The number of aromatic nitrogens is 1. The Morgan fingerprint density at radius 3 is 2.45 bits per heavy atom. The van der Waals surface area contributed by atoms with Gasteiger partial charge < -0.3 is 10.2 Å². The zero-order chi connectivity index (χ0) is 27.8. The molecular formula is C28H18Cl2N6O3S. The molecule has 4 aromatic carbocycles. The number of nitrogens with zero attached hydrogens (tertiary/aromatic N) is 6. The molecule has 1 fully saturated rings. The monoisotopic (exact) mass is 588 g/mol. The number of rotatable bonds is 6. The number of fused-ring (bicyclic) bond motifs is 1. The van der Waals surface area contributed by atoms with E-state index in [4.69, 9.17) is 23.2 Å². The van der Waals surface area contributed by atoms with Gasteiger partial charge in [0.1, 0.15) is 28.3 Å². The fourth-order valence-electron chi connectivity index (χ4n) is 4.29. The van der Waals surface area contributed by atoms with Crippen molar-refractivity contribution in [3.8, 4) is 11.5 Å². The number of phenolic OH excluding ortho intramolecular Hbond substituents is 2. The van der Waals surface area contributed by atoms with Crippen LogP contribution in [-0.4, -0.2) is 26.5 Å². The number of benzene rings is 4. The minimum atomic E-state index is -0.974. The molecule has 198 valence electrons. The lowest BCUT2D eigenvalue weighted by Crippen LogP contribution is -2.56. The quantitative estimate of drug-likeness (QED) is 0.117. The summed E-state index contributed by atoms with van der Waals surface area (Å²) in [7, 11) is 0. The molecule has 12 heteroatoms. The lowest BCUT2D eigenvalue weighted by molar-refractivity contribution is -0.123. The van der Waals surface area contributed by atoms with E-state index in [1.54, 1.807) is 36.4 Å². The molecule has 2 atom stereocenters. The number of aromatic hydroxyl groups is 2. The highest BCUT2D eigenvalue weighted by Crippen LogP contribution is 2.49. The van der Waals surface area contributed by atoms with Crippen molar-refractivity contribution >= 4 is 78.5 Å². The molecule has 0 spiro atoms. The van der Waals surface area contributed by atoms with Crippen molar-refractivity contribution in [2.24, 2.45) is 20.5 Å². The molecule has 5 aromatic rings. The van der Waals surface area contributed by atoms with Gasteiger partial charge in [0, 0.05) is 11.6 Å². The standard InChI is InChI=1S/C28H18Cl2N6O3S/c29-18-5-1-2-6-19(18)33-34-20-11-10-16(37)14-22(20)36-26(25(30)27(36)39)17-13-15(9-12-23(17)38)32-35-28-31-21-7-3-4-8-24(21)40-28/h1-14,25-26,37-38H. The minimum Gasteiger partial charge on any atom is -0.508 e. The fourth-order valence-corrected chi connectivity index (χ4v) is 5.61. The highest BCUT2D eigenvalue weighted by atomic mass is 35.5. The Kier molecular flexibility index (Phi) is 6.89. The van der Waals surface area contributed by atoms with Crippen molar-refractivity contribution in [1.82, 2.24) is 4.98 Å². The van der Waals surface area contributed by atoms with Crippen LogP contribution in [0.3, 0.4) is 0 Å². The summed E-state index contributed by atoms with van der Waals surface area (Å²) in [6, 6.07) is 22.9. The number of hydrogen-bond acceptors (Lipinski definition) is 9. The average molecular weight is 589 g/mol. The van der Waals surface area contributed by atoms with Crippen LogP contribution in [0.2, 0.25) is 5.02 Å². The van der Waals surface area contributed by atoms with Gasteiger partial charge >= 0.3 is 0 Å². The van der Waals surface area contributed by atoms with Crippen LogP contribution in [0.25, 0.3) is 10.2 Å². The van der Waals surface area contributed by atoms with Crippen molar-refractivity contribution < 1.29 is 15.0 Å². The van der Waals surface area contributed by atoms with Gasteiger partial charge in [-0.2, -0.15) is 0 Å². The summed E-state index contributed by atoms with van der Waals surface area (Å²) in [5, 5.41) is 37.9. The van der Waals surface area contributed by atoms with Crippen LogP contribution in [0, 0.1) is 0 Å². The van der Waals surface area contributed by atoms with Crippen molar-refractivity contribution in [2.75, 3.05) is 4.90 Å². The molecule has 0 radical (unpaired) electrons. The van der Waals surface area contributed by atoms with Crippen LogP contribution >= 0.6 is 34.5 Å². The van der Waals surface area contributed by atoms with E-state index in [0.29, 0.717) is 32.8 Å². The Hall–Kier alpha value is -4.38. The van der Waals surface area contributed by atoms with Gasteiger partial charge in [-0.25, -0.2) is 4.98 Å². The lowest BCUT2D eigenvalue weighted by Gasteiger charge is -2.44. The van der Waals surface area contributed by atoms with Crippen molar-refractivity contribution in [3.05, 3.63) is 95.5 Å². The SMILES string of the molecule is O=C1C(Cl)C(c2cc(N=Nc3nc4ccccc4s3)ccc2O)N1c1cc(O)ccc1N=Nc1ccccc1Cl. The van der Waals surface area contributed by atoms with E-state index in [1.165, 1.54) is 40.5 Å². The third-order valence-electron chi connectivity index (χ3n) is 6.23. The number of β-lactam (4-membered cyclic amide) rings is 1. The summed E-state index contributed by atoms with van der Waals surface area (Å²) < 4.78 is 0.991. The molecule has 2 heterocycles. The van der Waals surface area contributed by atoms with Crippen LogP contribution in [0.5, 0.6) is 11.5 Å². The van der Waals surface area contributed by atoms with Crippen LogP contribution < -0.4 is 4.90 Å². The molecule has 2 unspecified atom stereocenters. The topological polar surface area (TPSA) is 123 Å². The number of carbonyl (C=O) groups excluding carboxylic acids is 1. The Morgan fingerprint density at radius 2 is 1.62 bits per heavy atom. The second-order valence-corrected chi connectivity index (χ2v) is 10.7. The van der Waals surface area contributed by atoms with Gasteiger partial charge in [0.05, 0.1) is 32.7 Å². The van der Waals surface area contributed by atoms with E-state index in [-0.39, 0.29) is 17.2 Å². The zero-order valence-corrected chi connectivity index (χ0v) is 22.7. The van der Waals surface area contributed by atoms with Crippen LogP contribution in [-0.2, 0) is 4.79 Å². The molecule has 6 rings (SSSR count). The molecule has 1 amide bonds. The molecule has 9 nitrogen and oxygen atoms in total. The first-order chi connectivity index (χ1) is 19.4. The van der Waals surface area contributed by atoms with E-state index >= 15 is 0 Å². The molecule has 1 aromatic heterocycles. The van der Waals surface area contributed by atoms with Crippen molar-refractivity contribution in [3.63, 3.8) is 0 Å². The molecular weight excluding hydrogens is 571 g/mol. The Bertz CT molecular complexity index is 1790. The van der Waals surface area contributed by atoms with Crippen LogP contribution in [0.1, 0.15) is 11.6 Å². The summed E-state index contributed by atoms with van der Waals surface area (Å²) in [6.45, 7) is 0. The minimum absolute atomic E-state index is 0.0773. The van der Waals surface area contributed by atoms with Gasteiger partial charge in [-0.05, 0) is 54.6 Å². The van der Waals surface area contributed by atoms with E-state index in [0.717, 1.165) is 10.2 Å². The molecule has 1 aliphatic heterocycles. The molecule has 0 aliphatic carbocycles. The van der Waals surface area contributed by atoms with Gasteiger partial charge in [0.2, 0.25) is 11.0 Å². The number of para-hydroxylation sites is 1. The maximum atomic E-state index is 13.0. The molecule has 1 aliphatic rings. The maximum absolute atomic E-state index is 13.0. The van der Waals surface area contributed by atoms with E-state index < -0.39 is 17.3 Å². The number of thiazole rings is 1. The van der Waals surface area contributed by atoms with Crippen LogP contribution in [0.4, 0.5) is 27.9 Å². The number of hydrogen-bond donors (Lipinski definition) is 2. The summed E-state index contributed by atoms with van der Waals surface area (Å²) in [4.78, 5) is 18.8. The molecule has 40 heavy (non-hydrogen) atoms. The summed E-state index contributed by atoms with van der Waals surface area (Å²) in [6.07, 6.45) is 0. The predicted molar refractivity (Wildman–Crippen MR) is 156 cm³/mol. The Balaban J connectivity index is 1.34. The van der Waals surface area contributed by atoms with Crippen LogP contribution in [0.15, 0.2) is 105 Å². The summed E-state index contributed by atoms with van der Waals surface area (Å²) >= 11 is 14.1. The molecule has 0 bridgehead atoms. The van der Waals surface area contributed by atoms with E-state index in [2.05, 4.69) is 25.4 Å². The third-order valence-corrected chi connectivity index (χ3v) is 7.89. The van der Waals surface area contributed by atoms with Gasteiger partial charge in [-0.15, -0.1) is 32.1 Å². The summed E-state index contributed by atoms with van der Waals surface area (Å²) in [5.74, 6) is -0.585. The normalized spacial score (nSPS) is 17.2. The average Bonchev–Trinajstić information content (AvgIpc) is 3.38. The lowest BCUT2D eigenvalue weighted by atomic mass is 9.91. The van der Waals surface area contributed by atoms with Gasteiger partial charge in [-0.3, -0.25) is 9.69 Å².